The molecule has 0 radical (unpaired) electrons. The number of halogens is 3. The number of nitrogens with one attached hydrogen (secondary N) is 1. The molecule has 7 nitrogen and oxygen atoms in total. The molecule has 0 aromatic carbocycles. The highest BCUT2D eigenvalue weighted by atomic mass is 19.4. The summed E-state index contributed by atoms with van der Waals surface area (Å²) >= 11 is 0. The van der Waals surface area contributed by atoms with Crippen molar-refractivity contribution in [3.63, 3.8) is 0 Å². The first-order valence-corrected chi connectivity index (χ1v) is 7.15. The number of aryl methyl sites for hydroxylation is 1. The van der Waals surface area contributed by atoms with Gasteiger partial charge in [-0.2, -0.15) is 13.2 Å². The van der Waals surface area contributed by atoms with E-state index in [1.54, 1.807) is 23.9 Å². The Hall–Kier alpha value is -2.36. The molecule has 0 fully saturated rings. The van der Waals surface area contributed by atoms with Crippen LogP contribution in [0, 0.1) is 0 Å². The maximum Gasteiger partial charge on any atom is 0.425 e. The number of nitrogens with zero attached hydrogens (tertiary/aromatic N) is 4. The van der Waals surface area contributed by atoms with Gasteiger partial charge in [0.15, 0.2) is 5.82 Å². The van der Waals surface area contributed by atoms with Crippen molar-refractivity contribution in [1.29, 1.82) is 0 Å². The average molecular weight is 345 g/mol. The van der Waals surface area contributed by atoms with E-state index < -0.39 is 36.0 Å². The zero-order chi connectivity index (χ0) is 18.0. The number of rotatable bonds is 6. The number of alkyl halides is 3. The lowest BCUT2D eigenvalue weighted by Crippen LogP contribution is -2.49. The third kappa shape index (κ3) is 3.75. The smallest absolute Gasteiger partial charge is 0.374 e. The monoisotopic (exact) mass is 345 g/mol. The molecule has 2 heterocycles. The van der Waals surface area contributed by atoms with Crippen LogP contribution in [-0.2, 0) is 24.0 Å². The zero-order valence-electron chi connectivity index (χ0n) is 13.2. The van der Waals surface area contributed by atoms with Crippen molar-refractivity contribution in [3.05, 3.63) is 36.9 Å². The molecule has 132 valence electrons. The lowest BCUT2D eigenvalue weighted by molar-refractivity contribution is -0.271. The van der Waals surface area contributed by atoms with Gasteiger partial charge in [0.1, 0.15) is 0 Å². The predicted molar refractivity (Wildman–Crippen MR) is 77.6 cm³/mol. The fourth-order valence-electron chi connectivity index (χ4n) is 2.39. The molecule has 2 aromatic heterocycles. The summed E-state index contributed by atoms with van der Waals surface area (Å²) in [6.07, 6.45) is 0.938. The summed E-state index contributed by atoms with van der Waals surface area (Å²) < 4.78 is 42.8. The highest BCUT2D eigenvalue weighted by Gasteiger charge is 2.58. The van der Waals surface area contributed by atoms with Crippen molar-refractivity contribution in [3.8, 4) is 0 Å². The standard InChI is InChI=1S/C14H18F3N5O2/c1-10(8-22-6-3-18-9-22)20-11(23)7-13(24,14(15,16)17)12-19-4-5-21(12)2/h3-6,9-10,24H,7-8H2,1-2H3,(H,20,23). The van der Waals surface area contributed by atoms with Crippen molar-refractivity contribution in [2.24, 2.45) is 7.05 Å². The number of hydrogen-bond donors (Lipinski definition) is 2. The number of carbonyl (C=O) groups excluding carboxylic acids is 1. The average Bonchev–Trinajstić information content (AvgIpc) is 3.08. The number of amides is 1. The molecule has 10 heteroatoms. The molecule has 1 amide bonds. The molecule has 0 saturated heterocycles. The van der Waals surface area contributed by atoms with Crippen molar-refractivity contribution in [2.75, 3.05) is 0 Å². The molecule has 0 bridgehead atoms. The number of aromatic nitrogens is 4. The second-order valence-electron chi connectivity index (χ2n) is 5.62. The van der Waals surface area contributed by atoms with Crippen LogP contribution in [0.2, 0.25) is 0 Å². The molecule has 0 saturated carbocycles. The van der Waals surface area contributed by atoms with E-state index in [0.717, 1.165) is 10.8 Å². The van der Waals surface area contributed by atoms with Gasteiger partial charge in [-0.1, -0.05) is 0 Å². The van der Waals surface area contributed by atoms with Gasteiger partial charge in [-0.05, 0) is 6.92 Å². The van der Waals surface area contributed by atoms with Crippen LogP contribution in [0.4, 0.5) is 13.2 Å². The number of imidazole rings is 2. The Balaban J connectivity index is 2.10. The van der Waals surface area contributed by atoms with Gasteiger partial charge in [0.25, 0.3) is 0 Å². The Morgan fingerprint density at radius 2 is 2.08 bits per heavy atom. The van der Waals surface area contributed by atoms with Crippen molar-refractivity contribution in [1.82, 2.24) is 24.4 Å². The molecule has 2 unspecified atom stereocenters. The Bertz CT molecular complexity index is 683. The van der Waals surface area contributed by atoms with Crippen LogP contribution in [0.3, 0.4) is 0 Å². The minimum atomic E-state index is -5.04. The van der Waals surface area contributed by atoms with E-state index in [9.17, 15) is 23.1 Å². The second kappa shape index (κ2) is 6.63. The molecule has 2 aromatic rings. The summed E-state index contributed by atoms with van der Waals surface area (Å²) in [5, 5.41) is 12.6. The summed E-state index contributed by atoms with van der Waals surface area (Å²) in [5.74, 6) is -1.56. The second-order valence-corrected chi connectivity index (χ2v) is 5.62. The Kier molecular flexibility index (Phi) is 4.97. The summed E-state index contributed by atoms with van der Waals surface area (Å²) in [4.78, 5) is 19.4. The van der Waals surface area contributed by atoms with Crippen LogP contribution in [0.15, 0.2) is 31.1 Å². The minimum absolute atomic E-state index is 0.346. The van der Waals surface area contributed by atoms with Gasteiger partial charge >= 0.3 is 6.18 Å². The third-order valence-corrected chi connectivity index (χ3v) is 3.53. The minimum Gasteiger partial charge on any atom is -0.374 e. The van der Waals surface area contributed by atoms with Crippen LogP contribution in [-0.4, -0.2) is 42.3 Å². The lowest BCUT2D eigenvalue weighted by atomic mass is 9.97. The molecule has 0 spiro atoms. The first-order valence-electron chi connectivity index (χ1n) is 7.15. The van der Waals surface area contributed by atoms with Gasteiger partial charge in [-0.15, -0.1) is 0 Å². The van der Waals surface area contributed by atoms with E-state index in [1.807, 2.05) is 0 Å². The largest absolute Gasteiger partial charge is 0.425 e. The Morgan fingerprint density at radius 3 is 2.58 bits per heavy atom. The van der Waals surface area contributed by atoms with Crippen molar-refractivity contribution < 1.29 is 23.1 Å². The Morgan fingerprint density at radius 1 is 1.38 bits per heavy atom. The van der Waals surface area contributed by atoms with E-state index in [-0.39, 0.29) is 0 Å². The van der Waals surface area contributed by atoms with Gasteiger partial charge in [0.2, 0.25) is 11.5 Å². The van der Waals surface area contributed by atoms with E-state index in [4.69, 9.17) is 0 Å². The normalized spacial score (nSPS) is 15.8. The van der Waals surface area contributed by atoms with E-state index in [0.29, 0.717) is 6.54 Å². The van der Waals surface area contributed by atoms with Crippen molar-refractivity contribution in [2.45, 2.75) is 37.7 Å². The highest BCUT2D eigenvalue weighted by Crippen LogP contribution is 2.40. The highest BCUT2D eigenvalue weighted by molar-refractivity contribution is 5.77. The summed E-state index contributed by atoms with van der Waals surface area (Å²) in [5.41, 5.74) is -3.36. The predicted octanol–water partition coefficient (Wildman–Crippen LogP) is 0.961. The van der Waals surface area contributed by atoms with Gasteiger partial charge < -0.3 is 19.6 Å². The van der Waals surface area contributed by atoms with Gasteiger partial charge in [-0.3, -0.25) is 4.79 Å². The summed E-state index contributed by atoms with van der Waals surface area (Å²) in [6.45, 7) is 1.99. The first kappa shape index (κ1) is 18.0. The Labute approximate surface area is 136 Å². The topological polar surface area (TPSA) is 85.0 Å². The van der Waals surface area contributed by atoms with Crippen LogP contribution in [0.25, 0.3) is 0 Å². The van der Waals surface area contributed by atoms with Gasteiger partial charge in [0, 0.05) is 44.4 Å². The molecule has 0 aliphatic heterocycles. The number of carbonyl (C=O) groups is 1. The van der Waals surface area contributed by atoms with Crippen LogP contribution < -0.4 is 5.32 Å². The molecule has 2 rings (SSSR count). The van der Waals surface area contributed by atoms with Crippen LogP contribution in [0.5, 0.6) is 0 Å². The molecule has 0 aliphatic carbocycles. The van der Waals surface area contributed by atoms with Gasteiger partial charge in [0.05, 0.1) is 12.7 Å². The molecular weight excluding hydrogens is 327 g/mol. The molecule has 2 N–H and O–H groups in total. The third-order valence-electron chi connectivity index (χ3n) is 3.53. The summed E-state index contributed by atoms with van der Waals surface area (Å²) in [7, 11) is 1.32. The van der Waals surface area contributed by atoms with Crippen LogP contribution >= 0.6 is 0 Å². The first-order chi connectivity index (χ1) is 11.1. The fraction of sp³-hybridized carbons (Fsp3) is 0.500. The fourth-order valence-corrected chi connectivity index (χ4v) is 2.39. The van der Waals surface area contributed by atoms with Gasteiger partial charge in [-0.25, -0.2) is 9.97 Å². The molecule has 24 heavy (non-hydrogen) atoms. The maximum atomic E-state index is 13.4. The molecule has 2 atom stereocenters. The maximum absolute atomic E-state index is 13.4. The van der Waals surface area contributed by atoms with Crippen molar-refractivity contribution >= 4 is 5.91 Å². The quantitative estimate of drug-likeness (QED) is 0.817. The zero-order valence-corrected chi connectivity index (χ0v) is 13.2. The van der Waals surface area contributed by atoms with E-state index in [1.165, 1.54) is 19.6 Å². The lowest BCUT2D eigenvalue weighted by Gasteiger charge is -2.29. The summed E-state index contributed by atoms with van der Waals surface area (Å²) in [6, 6.07) is -0.439. The van der Waals surface area contributed by atoms with Crippen LogP contribution in [0.1, 0.15) is 19.2 Å². The SMILES string of the molecule is CC(Cn1ccnc1)NC(=O)CC(O)(c1nccn1C)C(F)(F)F. The number of aliphatic hydroxyl groups is 1. The molecular formula is C14H18F3N5O2. The van der Waals surface area contributed by atoms with E-state index >= 15 is 0 Å². The molecule has 0 aliphatic rings. The van der Waals surface area contributed by atoms with E-state index in [2.05, 4.69) is 15.3 Å². The number of hydrogen-bond acceptors (Lipinski definition) is 4.